The number of benzene rings is 2. The third kappa shape index (κ3) is 5.07. The molecule has 2 aromatic carbocycles. The highest BCUT2D eigenvalue weighted by atomic mass is 79.9. The SMILES string of the molecule is Cc1ccccc1C(=O)NC1CCN(C(=O)/C=C/c2cc(Br)ccc2F)CC1. The second kappa shape index (κ2) is 9.15. The second-order valence-electron chi connectivity index (χ2n) is 6.89. The van der Waals surface area contributed by atoms with Crippen LogP contribution in [0.25, 0.3) is 6.08 Å². The topological polar surface area (TPSA) is 49.4 Å². The minimum Gasteiger partial charge on any atom is -0.349 e. The first-order valence-corrected chi connectivity index (χ1v) is 10.0. The molecule has 2 aromatic rings. The summed E-state index contributed by atoms with van der Waals surface area (Å²) in [4.78, 5) is 26.5. The number of hydrogen-bond acceptors (Lipinski definition) is 2. The molecule has 146 valence electrons. The summed E-state index contributed by atoms with van der Waals surface area (Å²) in [5, 5.41) is 3.06. The van der Waals surface area contributed by atoms with E-state index in [1.807, 2.05) is 31.2 Å². The molecule has 6 heteroatoms. The number of carbonyl (C=O) groups excluding carboxylic acids is 2. The van der Waals surface area contributed by atoms with Gasteiger partial charge in [-0.15, -0.1) is 0 Å². The fourth-order valence-corrected chi connectivity index (χ4v) is 3.62. The largest absolute Gasteiger partial charge is 0.349 e. The molecule has 1 N–H and O–H groups in total. The molecule has 0 spiro atoms. The summed E-state index contributed by atoms with van der Waals surface area (Å²) in [6, 6.07) is 12.1. The zero-order valence-electron chi connectivity index (χ0n) is 15.6. The summed E-state index contributed by atoms with van der Waals surface area (Å²) < 4.78 is 14.5. The summed E-state index contributed by atoms with van der Waals surface area (Å²) in [7, 11) is 0. The zero-order chi connectivity index (χ0) is 20.1. The van der Waals surface area contributed by atoms with E-state index in [0.717, 1.165) is 10.0 Å². The van der Waals surface area contributed by atoms with E-state index < -0.39 is 0 Å². The van der Waals surface area contributed by atoms with Crippen molar-refractivity contribution < 1.29 is 14.0 Å². The van der Waals surface area contributed by atoms with Crippen molar-refractivity contribution in [1.29, 1.82) is 0 Å². The minimum absolute atomic E-state index is 0.0441. The molecule has 28 heavy (non-hydrogen) atoms. The van der Waals surface area contributed by atoms with Crippen molar-refractivity contribution in [2.45, 2.75) is 25.8 Å². The molecule has 1 aliphatic heterocycles. The Labute approximate surface area is 172 Å². The van der Waals surface area contributed by atoms with Crippen LogP contribution in [0.2, 0.25) is 0 Å². The number of likely N-dealkylation sites (tertiary alicyclic amines) is 1. The van der Waals surface area contributed by atoms with Gasteiger partial charge in [-0.3, -0.25) is 9.59 Å². The van der Waals surface area contributed by atoms with Crippen molar-refractivity contribution in [2.24, 2.45) is 0 Å². The van der Waals surface area contributed by atoms with Crippen LogP contribution >= 0.6 is 15.9 Å². The van der Waals surface area contributed by atoms with Gasteiger partial charge in [-0.1, -0.05) is 34.1 Å². The van der Waals surface area contributed by atoms with Crippen molar-refractivity contribution in [1.82, 2.24) is 10.2 Å². The average Bonchev–Trinajstić information content (AvgIpc) is 2.69. The maximum Gasteiger partial charge on any atom is 0.251 e. The Bertz CT molecular complexity index is 905. The maximum atomic E-state index is 13.8. The minimum atomic E-state index is -0.370. The third-order valence-corrected chi connectivity index (χ3v) is 5.39. The molecular formula is C22H22BrFN2O2. The quantitative estimate of drug-likeness (QED) is 0.713. The Hall–Kier alpha value is -2.47. The number of hydrogen-bond donors (Lipinski definition) is 1. The maximum absolute atomic E-state index is 13.8. The van der Waals surface area contributed by atoms with Gasteiger partial charge in [-0.2, -0.15) is 0 Å². The van der Waals surface area contributed by atoms with Crippen LogP contribution in [0, 0.1) is 12.7 Å². The first-order chi connectivity index (χ1) is 13.4. The van der Waals surface area contributed by atoms with Crippen LogP contribution in [-0.4, -0.2) is 35.8 Å². The number of amides is 2. The Morgan fingerprint density at radius 2 is 1.89 bits per heavy atom. The number of nitrogens with one attached hydrogen (secondary N) is 1. The molecule has 0 atom stereocenters. The van der Waals surface area contributed by atoms with Crippen LogP contribution in [-0.2, 0) is 4.79 Å². The van der Waals surface area contributed by atoms with Gasteiger partial charge in [0.2, 0.25) is 5.91 Å². The lowest BCUT2D eigenvalue weighted by atomic mass is 10.0. The van der Waals surface area contributed by atoms with E-state index in [2.05, 4.69) is 21.2 Å². The van der Waals surface area contributed by atoms with Crippen molar-refractivity contribution in [3.8, 4) is 0 Å². The molecule has 0 bridgehead atoms. The molecule has 1 saturated heterocycles. The van der Waals surface area contributed by atoms with E-state index in [-0.39, 0.29) is 23.7 Å². The Morgan fingerprint density at radius 1 is 1.18 bits per heavy atom. The Balaban J connectivity index is 1.53. The van der Waals surface area contributed by atoms with Crippen LogP contribution in [0.15, 0.2) is 53.0 Å². The lowest BCUT2D eigenvalue weighted by Gasteiger charge is -2.31. The molecule has 4 nitrogen and oxygen atoms in total. The molecule has 0 aliphatic carbocycles. The van der Waals surface area contributed by atoms with Crippen LogP contribution in [0.3, 0.4) is 0 Å². The van der Waals surface area contributed by atoms with Crippen molar-refractivity contribution in [3.05, 3.63) is 75.5 Å². The fraction of sp³-hybridized carbons (Fsp3) is 0.273. The molecule has 1 aliphatic rings. The van der Waals surface area contributed by atoms with Gasteiger partial charge in [-0.05, 0) is 55.7 Å². The molecule has 3 rings (SSSR count). The van der Waals surface area contributed by atoms with Gasteiger partial charge in [0.1, 0.15) is 5.82 Å². The molecule has 0 radical (unpaired) electrons. The number of nitrogens with zero attached hydrogens (tertiary/aromatic N) is 1. The van der Waals surface area contributed by atoms with Gasteiger partial charge in [0.05, 0.1) is 0 Å². The predicted molar refractivity (Wildman–Crippen MR) is 111 cm³/mol. The van der Waals surface area contributed by atoms with Crippen molar-refractivity contribution in [2.75, 3.05) is 13.1 Å². The van der Waals surface area contributed by atoms with E-state index in [4.69, 9.17) is 0 Å². The van der Waals surface area contributed by atoms with E-state index in [9.17, 15) is 14.0 Å². The molecule has 0 saturated carbocycles. The van der Waals surface area contributed by atoms with Crippen LogP contribution in [0.1, 0.15) is 34.3 Å². The van der Waals surface area contributed by atoms with Gasteiger partial charge in [0, 0.05) is 40.8 Å². The number of piperidine rings is 1. The van der Waals surface area contributed by atoms with Gasteiger partial charge in [0.25, 0.3) is 5.91 Å². The average molecular weight is 445 g/mol. The lowest BCUT2D eigenvalue weighted by molar-refractivity contribution is -0.126. The highest BCUT2D eigenvalue weighted by Crippen LogP contribution is 2.18. The van der Waals surface area contributed by atoms with Gasteiger partial charge >= 0.3 is 0 Å². The normalized spacial score (nSPS) is 15.0. The summed E-state index contributed by atoms with van der Waals surface area (Å²) in [5.74, 6) is -0.596. The van der Waals surface area contributed by atoms with Crippen LogP contribution in [0.4, 0.5) is 4.39 Å². The van der Waals surface area contributed by atoms with Gasteiger partial charge < -0.3 is 10.2 Å². The molecular weight excluding hydrogens is 423 g/mol. The molecule has 0 aromatic heterocycles. The summed E-state index contributed by atoms with van der Waals surface area (Å²) >= 11 is 3.30. The Morgan fingerprint density at radius 3 is 2.61 bits per heavy atom. The number of halogens is 2. The summed E-state index contributed by atoms with van der Waals surface area (Å²) in [6.07, 6.45) is 4.29. The Kier molecular flexibility index (Phi) is 6.62. The number of carbonyl (C=O) groups is 2. The first kappa shape index (κ1) is 20.3. The number of rotatable bonds is 4. The first-order valence-electron chi connectivity index (χ1n) is 9.22. The van der Waals surface area contributed by atoms with Crippen molar-refractivity contribution >= 4 is 33.8 Å². The van der Waals surface area contributed by atoms with Crippen LogP contribution < -0.4 is 5.32 Å². The van der Waals surface area contributed by atoms with E-state index in [1.54, 1.807) is 17.0 Å². The molecule has 1 heterocycles. The van der Waals surface area contributed by atoms with E-state index >= 15 is 0 Å². The lowest BCUT2D eigenvalue weighted by Crippen LogP contribution is -2.46. The van der Waals surface area contributed by atoms with Crippen LogP contribution in [0.5, 0.6) is 0 Å². The monoisotopic (exact) mass is 444 g/mol. The van der Waals surface area contributed by atoms with E-state index in [1.165, 1.54) is 18.2 Å². The highest BCUT2D eigenvalue weighted by Gasteiger charge is 2.23. The standard InChI is InChI=1S/C22H22BrFN2O2/c1-15-4-2-3-5-19(15)22(28)25-18-10-12-26(13-11-18)21(27)9-6-16-14-17(23)7-8-20(16)24/h2-9,14,18H,10-13H2,1H3,(H,25,28)/b9-6+. The highest BCUT2D eigenvalue weighted by molar-refractivity contribution is 9.10. The summed E-state index contributed by atoms with van der Waals surface area (Å²) in [5.41, 5.74) is 1.99. The third-order valence-electron chi connectivity index (χ3n) is 4.90. The van der Waals surface area contributed by atoms with E-state index in [0.29, 0.717) is 37.1 Å². The molecule has 1 fully saturated rings. The predicted octanol–water partition coefficient (Wildman–Crippen LogP) is 4.33. The zero-order valence-corrected chi connectivity index (χ0v) is 17.2. The molecule has 2 amide bonds. The van der Waals surface area contributed by atoms with Crippen molar-refractivity contribution in [3.63, 3.8) is 0 Å². The van der Waals surface area contributed by atoms with Gasteiger partial charge in [-0.25, -0.2) is 4.39 Å². The number of aryl methyl sites for hydroxylation is 1. The van der Waals surface area contributed by atoms with Gasteiger partial charge in [0.15, 0.2) is 0 Å². The second-order valence-corrected chi connectivity index (χ2v) is 7.80. The smallest absolute Gasteiger partial charge is 0.251 e. The summed E-state index contributed by atoms with van der Waals surface area (Å²) in [6.45, 7) is 3.03. The fourth-order valence-electron chi connectivity index (χ4n) is 3.24. The molecule has 0 unspecified atom stereocenters.